The first-order chi connectivity index (χ1) is 12.3. The number of hydrogen-bond acceptors (Lipinski definition) is 4. The van der Waals surface area contributed by atoms with E-state index in [0.29, 0.717) is 6.08 Å². The molecule has 2 rings (SSSR count). The van der Waals surface area contributed by atoms with E-state index in [1.165, 1.54) is 13.8 Å². The molecule has 0 aromatic carbocycles. The van der Waals surface area contributed by atoms with Crippen molar-refractivity contribution in [3.8, 4) is 5.88 Å². The normalized spacial score (nSPS) is 21.8. The standard InChI is InChI=1S/C16H14ClF6NO3/c1-15(2)7(4-8(17)16(21,22)23)9(15)14(25)27-5-6-10(18)12(20)24-13(26-3)11(6)19/h4,7,9H,5H2,1-3H3/b8-4-. The number of nitrogens with zero attached hydrogens (tertiary/aromatic N) is 1. The van der Waals surface area contributed by atoms with Crippen LogP contribution < -0.4 is 4.74 Å². The van der Waals surface area contributed by atoms with Gasteiger partial charge in [-0.15, -0.1) is 0 Å². The quantitative estimate of drug-likeness (QED) is 0.402. The van der Waals surface area contributed by atoms with Crippen LogP contribution in [0.5, 0.6) is 5.88 Å². The first-order valence-corrected chi connectivity index (χ1v) is 7.88. The molecule has 0 N–H and O–H groups in total. The highest BCUT2D eigenvalue weighted by Crippen LogP contribution is 2.60. The van der Waals surface area contributed by atoms with E-state index in [4.69, 9.17) is 16.3 Å². The maximum absolute atomic E-state index is 14.0. The van der Waals surface area contributed by atoms with Crippen LogP contribution in [0.3, 0.4) is 0 Å². The minimum absolute atomic E-state index is 0.698. The molecule has 1 fully saturated rings. The monoisotopic (exact) mass is 417 g/mol. The molecule has 1 aliphatic carbocycles. The van der Waals surface area contributed by atoms with Crippen LogP contribution >= 0.6 is 11.6 Å². The lowest BCUT2D eigenvalue weighted by Crippen LogP contribution is -2.14. The number of halogens is 7. The number of carbonyl (C=O) groups is 1. The van der Waals surface area contributed by atoms with Crippen molar-refractivity contribution in [2.24, 2.45) is 17.3 Å². The molecule has 1 saturated carbocycles. The maximum atomic E-state index is 14.0. The van der Waals surface area contributed by atoms with E-state index >= 15 is 0 Å². The highest BCUT2D eigenvalue weighted by atomic mass is 35.5. The molecule has 1 heterocycles. The van der Waals surface area contributed by atoms with Crippen molar-refractivity contribution in [2.75, 3.05) is 7.11 Å². The van der Waals surface area contributed by atoms with Crippen molar-refractivity contribution in [1.29, 1.82) is 0 Å². The summed E-state index contributed by atoms with van der Waals surface area (Å²) < 4.78 is 87.8. The molecular weight excluding hydrogens is 404 g/mol. The van der Waals surface area contributed by atoms with Gasteiger partial charge in [0, 0.05) is 0 Å². The second kappa shape index (κ2) is 7.21. The molecule has 0 saturated heterocycles. The highest BCUT2D eigenvalue weighted by Gasteiger charge is 2.62. The molecule has 1 aliphatic rings. The third-order valence-corrected chi connectivity index (χ3v) is 4.75. The average Bonchev–Trinajstić information content (AvgIpc) is 3.10. The van der Waals surface area contributed by atoms with Crippen molar-refractivity contribution >= 4 is 17.6 Å². The van der Waals surface area contributed by atoms with E-state index in [1.54, 1.807) is 0 Å². The number of allylic oxidation sites excluding steroid dienone is 2. The summed E-state index contributed by atoms with van der Waals surface area (Å²) in [6.45, 7) is 2.04. The number of hydrogen-bond donors (Lipinski definition) is 0. The second-order valence-corrected chi connectivity index (χ2v) is 6.87. The fourth-order valence-corrected chi connectivity index (χ4v) is 2.86. The van der Waals surface area contributed by atoms with Gasteiger partial charge in [-0.1, -0.05) is 31.5 Å². The van der Waals surface area contributed by atoms with Gasteiger partial charge in [0.05, 0.1) is 18.6 Å². The van der Waals surface area contributed by atoms with Crippen molar-refractivity contribution in [3.63, 3.8) is 0 Å². The highest BCUT2D eigenvalue weighted by molar-refractivity contribution is 6.30. The average molecular weight is 418 g/mol. The number of methoxy groups -OCH3 is 1. The van der Waals surface area contributed by atoms with E-state index in [1.807, 2.05) is 0 Å². The Morgan fingerprint density at radius 1 is 1.26 bits per heavy atom. The van der Waals surface area contributed by atoms with Gasteiger partial charge in [0.1, 0.15) is 11.6 Å². The van der Waals surface area contributed by atoms with Crippen molar-refractivity contribution < 1.29 is 40.6 Å². The third-order valence-electron chi connectivity index (χ3n) is 4.41. The molecule has 0 bridgehead atoms. The summed E-state index contributed by atoms with van der Waals surface area (Å²) >= 11 is 5.18. The molecule has 0 spiro atoms. The van der Waals surface area contributed by atoms with Gasteiger partial charge in [-0.2, -0.15) is 22.5 Å². The molecule has 0 radical (unpaired) electrons. The Morgan fingerprint density at radius 3 is 2.37 bits per heavy atom. The van der Waals surface area contributed by atoms with Gasteiger partial charge in [0.25, 0.3) is 11.8 Å². The first kappa shape index (κ1) is 21.3. The zero-order valence-electron chi connectivity index (χ0n) is 14.3. The zero-order valence-corrected chi connectivity index (χ0v) is 15.0. The van der Waals surface area contributed by atoms with Gasteiger partial charge < -0.3 is 9.47 Å². The second-order valence-electron chi connectivity index (χ2n) is 6.46. The molecule has 0 amide bonds. The number of carbonyl (C=O) groups excluding carboxylic acids is 1. The molecule has 4 nitrogen and oxygen atoms in total. The van der Waals surface area contributed by atoms with Crippen molar-refractivity contribution in [2.45, 2.75) is 26.6 Å². The summed E-state index contributed by atoms with van der Waals surface area (Å²) in [5.41, 5.74) is -1.83. The Morgan fingerprint density at radius 2 is 1.85 bits per heavy atom. The smallest absolute Gasteiger partial charge is 0.426 e. The van der Waals surface area contributed by atoms with Gasteiger partial charge in [-0.3, -0.25) is 4.79 Å². The molecule has 2 atom stereocenters. The Balaban J connectivity index is 2.15. The van der Waals surface area contributed by atoms with Gasteiger partial charge >= 0.3 is 12.1 Å². The first-order valence-electron chi connectivity index (χ1n) is 7.50. The minimum atomic E-state index is -4.76. The topological polar surface area (TPSA) is 48.4 Å². The number of esters is 1. The lowest BCUT2D eigenvalue weighted by molar-refractivity contribution is -0.147. The molecule has 0 aliphatic heterocycles. The van der Waals surface area contributed by atoms with Crippen LogP contribution in [0.2, 0.25) is 0 Å². The predicted molar refractivity (Wildman–Crippen MR) is 81.2 cm³/mol. The number of rotatable bonds is 5. The minimum Gasteiger partial charge on any atom is -0.479 e. The van der Waals surface area contributed by atoms with Crippen LogP contribution in [0.15, 0.2) is 11.1 Å². The largest absolute Gasteiger partial charge is 0.479 e. The lowest BCUT2D eigenvalue weighted by atomic mass is 10.1. The van der Waals surface area contributed by atoms with E-state index in [2.05, 4.69) is 9.72 Å². The van der Waals surface area contributed by atoms with Crippen LogP contribution in [0.25, 0.3) is 0 Å². The molecule has 2 unspecified atom stereocenters. The van der Waals surface area contributed by atoms with E-state index < -0.39 is 70.1 Å². The summed E-state index contributed by atoms with van der Waals surface area (Å²) in [7, 11) is 0.979. The van der Waals surface area contributed by atoms with Crippen molar-refractivity contribution in [1.82, 2.24) is 4.98 Å². The Bertz CT molecular complexity index is 793. The van der Waals surface area contributed by atoms with Crippen LogP contribution in [-0.2, 0) is 16.1 Å². The fourth-order valence-electron chi connectivity index (χ4n) is 2.72. The molecule has 11 heteroatoms. The van der Waals surface area contributed by atoms with E-state index in [0.717, 1.165) is 7.11 Å². The van der Waals surface area contributed by atoms with Gasteiger partial charge in [-0.05, 0) is 11.3 Å². The van der Waals surface area contributed by atoms with E-state index in [9.17, 15) is 31.1 Å². The fraction of sp³-hybridized carbons (Fsp3) is 0.500. The number of pyridine rings is 1. The summed E-state index contributed by atoms with van der Waals surface area (Å²) in [5, 5.41) is -1.38. The molecular formula is C16H14ClF6NO3. The summed E-state index contributed by atoms with van der Waals surface area (Å²) in [6, 6.07) is 0. The van der Waals surface area contributed by atoms with Crippen molar-refractivity contribution in [3.05, 3.63) is 34.3 Å². The van der Waals surface area contributed by atoms with Crippen LogP contribution in [0, 0.1) is 34.8 Å². The van der Waals surface area contributed by atoms with E-state index in [-0.39, 0.29) is 0 Å². The zero-order chi connectivity index (χ0) is 20.7. The van der Waals surface area contributed by atoms with Crippen LogP contribution in [0.4, 0.5) is 26.3 Å². The van der Waals surface area contributed by atoms with Crippen LogP contribution in [0.1, 0.15) is 19.4 Å². The number of aromatic nitrogens is 1. The summed E-state index contributed by atoms with van der Waals surface area (Å²) in [4.78, 5) is 15.0. The number of ether oxygens (including phenoxy) is 2. The summed E-state index contributed by atoms with van der Waals surface area (Å²) in [6.07, 6.45) is -4.06. The van der Waals surface area contributed by atoms with Gasteiger partial charge in [0.2, 0.25) is 0 Å². The molecule has 27 heavy (non-hydrogen) atoms. The Hall–Kier alpha value is -1.97. The Kier molecular flexibility index (Phi) is 5.70. The molecule has 1 aromatic heterocycles. The van der Waals surface area contributed by atoms with Gasteiger partial charge in [0.15, 0.2) is 11.6 Å². The predicted octanol–water partition coefficient (Wildman–Crippen LogP) is 4.51. The molecule has 150 valence electrons. The molecule has 1 aromatic rings. The van der Waals surface area contributed by atoms with Crippen LogP contribution in [-0.4, -0.2) is 24.2 Å². The third kappa shape index (κ3) is 4.15. The lowest BCUT2D eigenvalue weighted by Gasteiger charge is -2.10. The Labute approximate surface area is 155 Å². The maximum Gasteiger partial charge on any atom is 0.426 e. The summed E-state index contributed by atoms with van der Waals surface area (Å²) in [5.74, 6) is -8.37. The number of alkyl halides is 3. The SMILES string of the molecule is COc1nc(F)c(F)c(COC(=O)C2C(/C=C(\Cl)C(F)(F)F)C2(C)C)c1F. The van der Waals surface area contributed by atoms with Gasteiger partial charge in [-0.25, -0.2) is 8.78 Å².